The van der Waals surface area contributed by atoms with Crippen LogP contribution in [-0.4, -0.2) is 40.3 Å². The molecule has 0 aromatic carbocycles. The van der Waals surface area contributed by atoms with E-state index in [4.69, 9.17) is 4.74 Å². The molecular weight excluding hydrogens is 234 g/mol. The highest BCUT2D eigenvalue weighted by atomic mass is 16.6. The Bertz CT molecular complexity index is 356. The Labute approximate surface area is 108 Å². The number of carbonyl (C=O) groups is 2. The molecule has 1 heterocycles. The van der Waals surface area contributed by atoms with Gasteiger partial charge in [0.15, 0.2) is 0 Å². The normalized spacial score (nSPS) is 28.2. The number of rotatable bonds is 0. The van der Waals surface area contributed by atoms with E-state index < -0.39 is 29.1 Å². The summed E-state index contributed by atoms with van der Waals surface area (Å²) < 4.78 is 5.21. The maximum atomic E-state index is 12.0. The van der Waals surface area contributed by atoms with Gasteiger partial charge in [-0.1, -0.05) is 20.8 Å². The van der Waals surface area contributed by atoms with Gasteiger partial charge in [-0.2, -0.15) is 0 Å². The molecule has 0 spiro atoms. The van der Waals surface area contributed by atoms with Gasteiger partial charge in [-0.15, -0.1) is 0 Å². The number of aliphatic hydroxyl groups is 1. The van der Waals surface area contributed by atoms with E-state index in [1.807, 2.05) is 13.8 Å². The van der Waals surface area contributed by atoms with Gasteiger partial charge in [-0.3, -0.25) is 4.79 Å². The van der Waals surface area contributed by atoms with Gasteiger partial charge in [0.2, 0.25) is 5.91 Å². The zero-order valence-electron chi connectivity index (χ0n) is 12.0. The van der Waals surface area contributed by atoms with E-state index in [-0.39, 0.29) is 12.5 Å². The lowest BCUT2D eigenvalue weighted by molar-refractivity contribution is -0.152. The van der Waals surface area contributed by atoms with Gasteiger partial charge in [0.05, 0.1) is 12.0 Å². The molecule has 1 aliphatic rings. The molecule has 2 atom stereocenters. The average Bonchev–Trinajstić information content (AvgIpc) is 2.18. The maximum Gasteiger partial charge on any atom is 0.417 e. The standard InChI is InChI=1S/C13H23NO4/c1-8-9(15)13(5,6)7-14(10(8)16)11(17)18-12(2,3)4/h8-9,15H,7H2,1-6H3/t8-,9-/m1/s1. The molecule has 1 N–H and O–H groups in total. The second-order valence-corrected chi connectivity index (χ2v) is 6.63. The highest BCUT2D eigenvalue weighted by Gasteiger charge is 2.47. The van der Waals surface area contributed by atoms with Crippen molar-refractivity contribution in [2.24, 2.45) is 11.3 Å². The summed E-state index contributed by atoms with van der Waals surface area (Å²) in [4.78, 5) is 25.1. The predicted octanol–water partition coefficient (Wildman–Crippen LogP) is 1.79. The number of ether oxygens (including phenoxy) is 1. The Kier molecular flexibility index (Phi) is 3.77. The molecule has 2 amide bonds. The lowest BCUT2D eigenvalue weighted by atomic mass is 9.76. The molecule has 1 aliphatic heterocycles. The van der Waals surface area contributed by atoms with Gasteiger partial charge < -0.3 is 9.84 Å². The summed E-state index contributed by atoms with van der Waals surface area (Å²) in [5, 5.41) is 10.0. The Morgan fingerprint density at radius 3 is 2.39 bits per heavy atom. The van der Waals surface area contributed by atoms with Crippen molar-refractivity contribution in [2.45, 2.75) is 53.2 Å². The first-order chi connectivity index (χ1) is 7.96. The van der Waals surface area contributed by atoms with E-state index in [1.165, 1.54) is 0 Å². The SMILES string of the molecule is C[C@H]1C(=O)N(C(=O)OC(C)(C)C)CC(C)(C)[C@@H]1O. The number of hydrogen-bond acceptors (Lipinski definition) is 4. The van der Waals surface area contributed by atoms with Crippen LogP contribution in [0.25, 0.3) is 0 Å². The summed E-state index contributed by atoms with van der Waals surface area (Å²) in [5.41, 5.74) is -1.16. The van der Waals surface area contributed by atoms with E-state index in [0.717, 1.165) is 4.90 Å². The molecule has 0 aromatic rings. The predicted molar refractivity (Wildman–Crippen MR) is 66.9 cm³/mol. The Morgan fingerprint density at radius 2 is 1.94 bits per heavy atom. The largest absolute Gasteiger partial charge is 0.443 e. The van der Waals surface area contributed by atoms with Gasteiger partial charge in [0, 0.05) is 12.0 Å². The van der Waals surface area contributed by atoms with Crippen LogP contribution < -0.4 is 0 Å². The Balaban J connectivity index is 2.90. The molecule has 5 nitrogen and oxygen atoms in total. The molecule has 0 aromatic heterocycles. The van der Waals surface area contributed by atoms with Crippen LogP contribution in [0.4, 0.5) is 4.79 Å². The van der Waals surface area contributed by atoms with Crippen LogP contribution in [0, 0.1) is 11.3 Å². The van der Waals surface area contributed by atoms with Crippen molar-refractivity contribution < 1.29 is 19.4 Å². The van der Waals surface area contributed by atoms with Gasteiger partial charge in [0.1, 0.15) is 5.60 Å². The fraction of sp³-hybridized carbons (Fsp3) is 0.846. The zero-order valence-corrected chi connectivity index (χ0v) is 12.0. The van der Waals surface area contributed by atoms with Crippen molar-refractivity contribution in [1.29, 1.82) is 0 Å². The Morgan fingerprint density at radius 1 is 1.44 bits per heavy atom. The molecule has 1 rings (SSSR count). The molecule has 1 saturated heterocycles. The van der Waals surface area contributed by atoms with Crippen LogP contribution in [0.1, 0.15) is 41.5 Å². The first kappa shape index (κ1) is 15.0. The molecule has 1 fully saturated rings. The molecular formula is C13H23NO4. The molecule has 104 valence electrons. The summed E-state index contributed by atoms with van der Waals surface area (Å²) in [6.07, 6.45) is -1.39. The lowest BCUT2D eigenvalue weighted by Crippen LogP contribution is -2.58. The minimum Gasteiger partial charge on any atom is -0.443 e. The fourth-order valence-corrected chi connectivity index (χ4v) is 2.11. The number of amides is 2. The summed E-state index contributed by atoms with van der Waals surface area (Å²) in [6, 6.07) is 0. The van der Waals surface area contributed by atoms with E-state index in [9.17, 15) is 14.7 Å². The number of imide groups is 1. The second-order valence-electron chi connectivity index (χ2n) is 6.63. The van der Waals surface area contributed by atoms with Crippen molar-refractivity contribution in [2.75, 3.05) is 6.54 Å². The summed E-state index contributed by atoms with van der Waals surface area (Å²) in [5.74, 6) is -0.975. The van der Waals surface area contributed by atoms with Crippen molar-refractivity contribution >= 4 is 12.0 Å². The molecule has 0 saturated carbocycles. The molecule has 0 radical (unpaired) electrons. The average molecular weight is 257 g/mol. The number of nitrogens with zero attached hydrogens (tertiary/aromatic N) is 1. The summed E-state index contributed by atoms with van der Waals surface area (Å²) in [7, 11) is 0. The van der Waals surface area contributed by atoms with E-state index in [1.54, 1.807) is 27.7 Å². The molecule has 0 bridgehead atoms. The second kappa shape index (κ2) is 4.53. The summed E-state index contributed by atoms with van der Waals surface area (Å²) >= 11 is 0. The van der Waals surface area contributed by atoms with E-state index in [2.05, 4.69) is 0 Å². The highest BCUT2D eigenvalue weighted by Crippen LogP contribution is 2.34. The highest BCUT2D eigenvalue weighted by molar-refractivity contribution is 5.94. The van der Waals surface area contributed by atoms with Crippen molar-refractivity contribution in [3.8, 4) is 0 Å². The topological polar surface area (TPSA) is 66.8 Å². The first-order valence-corrected chi connectivity index (χ1v) is 6.18. The van der Waals surface area contributed by atoms with Crippen LogP contribution in [-0.2, 0) is 9.53 Å². The number of hydrogen-bond donors (Lipinski definition) is 1. The van der Waals surface area contributed by atoms with Gasteiger partial charge in [-0.05, 0) is 20.8 Å². The van der Waals surface area contributed by atoms with Crippen LogP contribution in [0.5, 0.6) is 0 Å². The first-order valence-electron chi connectivity index (χ1n) is 6.18. The third-order valence-electron chi connectivity index (χ3n) is 3.11. The number of likely N-dealkylation sites (tertiary alicyclic amines) is 1. The number of aliphatic hydroxyl groups excluding tert-OH is 1. The maximum absolute atomic E-state index is 12.0. The van der Waals surface area contributed by atoms with Gasteiger partial charge in [-0.25, -0.2) is 9.69 Å². The zero-order chi connectivity index (χ0) is 14.3. The number of piperidine rings is 1. The van der Waals surface area contributed by atoms with Gasteiger partial charge >= 0.3 is 6.09 Å². The minimum atomic E-state index is -0.747. The molecule has 18 heavy (non-hydrogen) atoms. The summed E-state index contributed by atoms with van der Waals surface area (Å²) in [6.45, 7) is 10.7. The smallest absolute Gasteiger partial charge is 0.417 e. The molecule has 5 heteroatoms. The van der Waals surface area contributed by atoms with Crippen LogP contribution >= 0.6 is 0 Å². The van der Waals surface area contributed by atoms with Crippen LogP contribution in [0.2, 0.25) is 0 Å². The molecule has 0 unspecified atom stereocenters. The quantitative estimate of drug-likeness (QED) is 0.718. The van der Waals surface area contributed by atoms with E-state index >= 15 is 0 Å². The van der Waals surface area contributed by atoms with Crippen LogP contribution in [0.15, 0.2) is 0 Å². The third-order valence-corrected chi connectivity index (χ3v) is 3.11. The van der Waals surface area contributed by atoms with E-state index in [0.29, 0.717) is 0 Å². The van der Waals surface area contributed by atoms with Crippen molar-refractivity contribution in [1.82, 2.24) is 4.90 Å². The number of carbonyl (C=O) groups excluding carboxylic acids is 2. The molecule has 0 aliphatic carbocycles. The third kappa shape index (κ3) is 3.02. The van der Waals surface area contributed by atoms with Crippen LogP contribution in [0.3, 0.4) is 0 Å². The van der Waals surface area contributed by atoms with Crippen molar-refractivity contribution in [3.05, 3.63) is 0 Å². The monoisotopic (exact) mass is 257 g/mol. The minimum absolute atomic E-state index is 0.173. The van der Waals surface area contributed by atoms with Crippen molar-refractivity contribution in [3.63, 3.8) is 0 Å². The lowest BCUT2D eigenvalue weighted by Gasteiger charge is -2.43. The Hall–Kier alpha value is -1.10. The van der Waals surface area contributed by atoms with Gasteiger partial charge in [0.25, 0.3) is 0 Å². The fourth-order valence-electron chi connectivity index (χ4n) is 2.11.